The van der Waals surface area contributed by atoms with E-state index in [0.717, 1.165) is 6.54 Å². The number of rotatable bonds is 5. The molecular weight excluding hydrogens is 177 g/mol. The molecule has 0 saturated heterocycles. The summed E-state index contributed by atoms with van der Waals surface area (Å²) in [5.41, 5.74) is 0. The van der Waals surface area contributed by atoms with Crippen molar-refractivity contribution in [2.45, 2.75) is 13.8 Å². The molecule has 0 heterocycles. The highest BCUT2D eigenvalue weighted by atomic mass is 31.2. The second-order valence-electron chi connectivity index (χ2n) is 3.45. The quantitative estimate of drug-likeness (QED) is 0.532. The molecule has 12 heavy (non-hydrogen) atoms. The van der Waals surface area contributed by atoms with Crippen LogP contribution < -0.4 is 0 Å². The molecule has 1 atom stereocenters. The summed E-state index contributed by atoms with van der Waals surface area (Å²) in [6, 6.07) is 0. The summed E-state index contributed by atoms with van der Waals surface area (Å²) >= 11 is 0. The van der Waals surface area contributed by atoms with Crippen molar-refractivity contribution in [3.05, 3.63) is 0 Å². The zero-order valence-electron chi connectivity index (χ0n) is 8.28. The van der Waals surface area contributed by atoms with E-state index in [-0.39, 0.29) is 12.9 Å². The smallest absolute Gasteiger partial charge is 0.320 e. The SMILES string of the molecule is CCOP(=O)(O)C[N+](C)(C)CC. The lowest BCUT2D eigenvalue weighted by molar-refractivity contribution is -0.877. The fourth-order valence-corrected chi connectivity index (χ4v) is 2.48. The Hall–Kier alpha value is 0.110. The van der Waals surface area contributed by atoms with Gasteiger partial charge >= 0.3 is 7.60 Å². The Morgan fingerprint density at radius 1 is 1.42 bits per heavy atom. The fourth-order valence-electron chi connectivity index (χ4n) is 0.826. The van der Waals surface area contributed by atoms with Gasteiger partial charge in [0, 0.05) is 0 Å². The molecule has 0 fully saturated rings. The van der Waals surface area contributed by atoms with Crippen LogP contribution in [0.15, 0.2) is 0 Å². The Labute approximate surface area is 74.3 Å². The lowest BCUT2D eigenvalue weighted by Crippen LogP contribution is -2.40. The predicted molar refractivity (Wildman–Crippen MR) is 49.0 cm³/mol. The summed E-state index contributed by atoms with van der Waals surface area (Å²) in [7, 11) is 0.451. The van der Waals surface area contributed by atoms with E-state index in [4.69, 9.17) is 4.52 Å². The fraction of sp³-hybridized carbons (Fsp3) is 1.00. The second-order valence-corrected chi connectivity index (χ2v) is 5.26. The van der Waals surface area contributed by atoms with E-state index in [9.17, 15) is 9.46 Å². The molecule has 74 valence electrons. The molecule has 0 aliphatic heterocycles. The van der Waals surface area contributed by atoms with Gasteiger partial charge in [-0.25, -0.2) is 0 Å². The first-order valence-corrected chi connectivity index (χ1v) is 5.87. The highest BCUT2D eigenvalue weighted by Crippen LogP contribution is 2.43. The van der Waals surface area contributed by atoms with Crippen molar-refractivity contribution in [1.82, 2.24) is 0 Å². The molecule has 0 aliphatic carbocycles. The minimum atomic E-state index is -3.36. The third-order valence-electron chi connectivity index (χ3n) is 1.75. The van der Waals surface area contributed by atoms with Crippen molar-refractivity contribution in [3.8, 4) is 0 Å². The second kappa shape index (κ2) is 4.38. The number of quaternary nitrogens is 1. The van der Waals surface area contributed by atoms with Gasteiger partial charge in [-0.2, -0.15) is 0 Å². The van der Waals surface area contributed by atoms with Gasteiger partial charge in [-0.15, -0.1) is 0 Å². The van der Waals surface area contributed by atoms with Crippen molar-refractivity contribution >= 4 is 7.60 Å². The summed E-state index contributed by atoms with van der Waals surface area (Å²) in [4.78, 5) is 9.30. The van der Waals surface area contributed by atoms with Crippen LogP contribution in [0.1, 0.15) is 13.8 Å². The third-order valence-corrected chi connectivity index (χ3v) is 3.53. The summed E-state index contributed by atoms with van der Waals surface area (Å²) < 4.78 is 16.6. The van der Waals surface area contributed by atoms with Crippen LogP contribution in [-0.2, 0) is 9.09 Å². The Morgan fingerprint density at radius 2 is 1.92 bits per heavy atom. The van der Waals surface area contributed by atoms with Crippen LogP contribution in [0.3, 0.4) is 0 Å². The summed E-state index contributed by atoms with van der Waals surface area (Å²) in [6.45, 7) is 4.80. The van der Waals surface area contributed by atoms with Crippen molar-refractivity contribution in [2.24, 2.45) is 0 Å². The molecule has 4 nitrogen and oxygen atoms in total. The maximum Gasteiger partial charge on any atom is 0.381 e. The molecule has 0 aromatic rings. The molecular formula is C7H19NO3P+. The summed E-state index contributed by atoms with van der Waals surface area (Å²) in [6.07, 6.45) is 0.178. The highest BCUT2D eigenvalue weighted by molar-refractivity contribution is 7.52. The molecule has 0 aromatic carbocycles. The van der Waals surface area contributed by atoms with Crippen LogP contribution in [-0.4, -0.2) is 42.9 Å². The highest BCUT2D eigenvalue weighted by Gasteiger charge is 2.29. The van der Waals surface area contributed by atoms with Gasteiger partial charge < -0.3 is 13.9 Å². The van der Waals surface area contributed by atoms with E-state index >= 15 is 0 Å². The monoisotopic (exact) mass is 196 g/mol. The van der Waals surface area contributed by atoms with E-state index in [1.807, 2.05) is 21.0 Å². The zero-order valence-corrected chi connectivity index (χ0v) is 9.17. The Balaban J connectivity index is 4.14. The maximum absolute atomic E-state index is 11.3. The standard InChI is InChI=1S/C7H18NO3P/c1-5-8(3,4)7-12(9,10)11-6-2/h5-7H2,1-4H3/p+1. The lowest BCUT2D eigenvalue weighted by atomic mass is 10.6. The first-order valence-electron chi connectivity index (χ1n) is 4.11. The van der Waals surface area contributed by atoms with Gasteiger partial charge in [-0.1, -0.05) is 0 Å². The molecule has 1 N–H and O–H groups in total. The molecule has 0 saturated carbocycles. The number of hydrogen-bond donors (Lipinski definition) is 1. The Kier molecular flexibility index (Phi) is 4.42. The van der Waals surface area contributed by atoms with Gasteiger partial charge in [-0.05, 0) is 13.8 Å². The van der Waals surface area contributed by atoms with Crippen LogP contribution in [0.2, 0.25) is 0 Å². The molecule has 0 aromatic heterocycles. The average molecular weight is 196 g/mol. The number of hydrogen-bond acceptors (Lipinski definition) is 2. The first kappa shape index (κ1) is 12.1. The summed E-state index contributed by atoms with van der Waals surface area (Å²) in [5.74, 6) is 0. The van der Waals surface area contributed by atoms with Crippen molar-refractivity contribution in [3.63, 3.8) is 0 Å². The maximum atomic E-state index is 11.3. The first-order chi connectivity index (χ1) is 5.33. The molecule has 0 radical (unpaired) electrons. The van der Waals surface area contributed by atoms with Gasteiger partial charge in [0.15, 0.2) is 6.29 Å². The van der Waals surface area contributed by atoms with E-state index in [1.165, 1.54) is 0 Å². The van der Waals surface area contributed by atoms with Crippen LogP contribution >= 0.6 is 7.60 Å². The molecule has 5 heteroatoms. The van der Waals surface area contributed by atoms with Crippen LogP contribution in [0.4, 0.5) is 0 Å². The van der Waals surface area contributed by atoms with Gasteiger partial charge in [0.1, 0.15) is 0 Å². The van der Waals surface area contributed by atoms with Crippen LogP contribution in [0, 0.1) is 0 Å². The zero-order chi connectivity index (χ0) is 9.83. The predicted octanol–water partition coefficient (Wildman–Crippen LogP) is 1.26. The van der Waals surface area contributed by atoms with Gasteiger partial charge in [0.05, 0.1) is 27.2 Å². The minimum absolute atomic E-state index is 0.178. The molecule has 0 rings (SSSR count). The van der Waals surface area contributed by atoms with Crippen molar-refractivity contribution in [1.29, 1.82) is 0 Å². The third kappa shape index (κ3) is 4.88. The van der Waals surface area contributed by atoms with E-state index in [0.29, 0.717) is 4.48 Å². The largest absolute Gasteiger partial charge is 0.381 e. The van der Waals surface area contributed by atoms with E-state index in [1.54, 1.807) is 6.92 Å². The molecule has 1 unspecified atom stereocenters. The molecule has 0 spiro atoms. The molecule has 0 aliphatic rings. The topological polar surface area (TPSA) is 46.5 Å². The normalized spacial score (nSPS) is 17.4. The van der Waals surface area contributed by atoms with Crippen LogP contribution in [0.5, 0.6) is 0 Å². The number of nitrogens with zero attached hydrogens (tertiary/aromatic N) is 1. The van der Waals surface area contributed by atoms with Crippen LogP contribution in [0.25, 0.3) is 0 Å². The van der Waals surface area contributed by atoms with Crippen molar-refractivity contribution in [2.75, 3.05) is 33.5 Å². The van der Waals surface area contributed by atoms with E-state index in [2.05, 4.69) is 0 Å². The summed E-state index contributed by atoms with van der Waals surface area (Å²) in [5, 5.41) is 0. The van der Waals surface area contributed by atoms with Gasteiger partial charge in [0.25, 0.3) is 0 Å². The minimum Gasteiger partial charge on any atom is -0.320 e. The lowest BCUT2D eigenvalue weighted by Gasteiger charge is -2.29. The Morgan fingerprint density at radius 3 is 2.25 bits per heavy atom. The van der Waals surface area contributed by atoms with Crippen molar-refractivity contribution < 1.29 is 18.5 Å². The van der Waals surface area contributed by atoms with Gasteiger partial charge in [-0.3, -0.25) is 4.57 Å². The molecule has 0 bridgehead atoms. The average Bonchev–Trinajstić information content (AvgIpc) is 1.85. The molecule has 0 amide bonds. The van der Waals surface area contributed by atoms with E-state index < -0.39 is 7.60 Å². The Bertz CT molecular complexity index is 181. The van der Waals surface area contributed by atoms with Gasteiger partial charge in [0.2, 0.25) is 0 Å².